The number of sulfonamides is 1. The summed E-state index contributed by atoms with van der Waals surface area (Å²) in [7, 11) is -4.04. The van der Waals surface area contributed by atoms with E-state index in [4.69, 9.17) is 5.21 Å². The fourth-order valence-electron chi connectivity index (χ4n) is 2.02. The Morgan fingerprint density at radius 3 is 2.38 bits per heavy atom. The average molecular weight is 382 g/mol. The quantitative estimate of drug-likeness (QED) is 0.406. The van der Waals surface area contributed by atoms with Crippen LogP contribution >= 0.6 is 0 Å². The van der Waals surface area contributed by atoms with E-state index in [0.717, 1.165) is 18.2 Å². The van der Waals surface area contributed by atoms with Crippen LogP contribution in [0, 0.1) is 0 Å². The molecule has 9 heteroatoms. The lowest BCUT2D eigenvalue weighted by Crippen LogP contribution is -2.15. The van der Waals surface area contributed by atoms with Crippen LogP contribution in [-0.4, -0.2) is 19.5 Å². The van der Waals surface area contributed by atoms with Gasteiger partial charge in [0.05, 0.1) is 4.90 Å². The molecule has 0 unspecified atom stereocenters. The third-order valence-corrected chi connectivity index (χ3v) is 4.73. The van der Waals surface area contributed by atoms with E-state index in [-0.39, 0.29) is 10.6 Å². The summed E-state index contributed by atoms with van der Waals surface area (Å²) in [5, 5.41) is 8.39. The van der Waals surface area contributed by atoms with Crippen LogP contribution in [0.1, 0.15) is 18.1 Å². The zero-order valence-corrected chi connectivity index (χ0v) is 14.4. The Bertz CT molecular complexity index is 921. The zero-order valence-electron chi connectivity index (χ0n) is 13.6. The predicted octanol–water partition coefficient (Wildman–Crippen LogP) is 3.12. The minimum Gasteiger partial charge on any atom is -0.288 e. The number of nitrogens with one attached hydrogen (secondary N) is 2. The predicted molar refractivity (Wildman–Crippen MR) is 92.2 cm³/mol. The number of carbonyl (C=O) groups excluding carboxylic acids is 1. The van der Waals surface area contributed by atoms with Crippen LogP contribution in [-0.2, 0) is 20.7 Å². The highest BCUT2D eigenvalue weighted by Gasteiger charge is 2.26. The second kappa shape index (κ2) is 7.63. The fraction of sp³-hybridized carbons (Fsp3) is 0.118. The van der Waals surface area contributed by atoms with Crippen molar-refractivity contribution in [3.8, 4) is 0 Å². The molecule has 3 N–H and O–H groups in total. The molecule has 0 saturated heterocycles. The van der Waals surface area contributed by atoms with Crippen molar-refractivity contribution in [3.05, 3.63) is 65.7 Å². The minimum atomic E-state index is -4.04. The molecule has 0 saturated carbocycles. The Kier molecular flexibility index (Phi) is 5.73. The van der Waals surface area contributed by atoms with Gasteiger partial charge in [-0.05, 0) is 35.9 Å². The number of hydroxylamine groups is 1. The second-order valence-corrected chi connectivity index (χ2v) is 7.14. The van der Waals surface area contributed by atoms with Crippen LogP contribution in [0.3, 0.4) is 0 Å². The molecule has 0 radical (unpaired) electrons. The van der Waals surface area contributed by atoms with Gasteiger partial charge in [-0.1, -0.05) is 24.3 Å². The molecule has 0 aromatic heterocycles. The third-order valence-electron chi connectivity index (χ3n) is 3.35. The van der Waals surface area contributed by atoms with Gasteiger partial charge < -0.3 is 0 Å². The number of carbonyl (C=O) groups is 1. The summed E-state index contributed by atoms with van der Waals surface area (Å²) in [5.74, 6) is -3.86. The van der Waals surface area contributed by atoms with Crippen molar-refractivity contribution in [2.24, 2.45) is 0 Å². The molecule has 0 fully saturated rings. The molecular formula is C17H16F2N2O4S. The number of anilines is 1. The summed E-state index contributed by atoms with van der Waals surface area (Å²) in [6, 6.07) is 10.5. The van der Waals surface area contributed by atoms with Gasteiger partial charge >= 0.3 is 0 Å². The smallest absolute Gasteiger partial charge is 0.270 e. The lowest BCUT2D eigenvalue weighted by molar-refractivity contribution is -0.124. The summed E-state index contributed by atoms with van der Waals surface area (Å²) in [6.07, 6.45) is 2.51. The molecule has 1 amide bonds. The monoisotopic (exact) mass is 382 g/mol. The maximum Gasteiger partial charge on any atom is 0.270 e. The Morgan fingerprint density at radius 2 is 1.81 bits per heavy atom. The van der Waals surface area contributed by atoms with Gasteiger partial charge in [0.25, 0.3) is 21.9 Å². The summed E-state index contributed by atoms with van der Waals surface area (Å²) in [6.45, 7) is 0.690. The summed E-state index contributed by atoms with van der Waals surface area (Å²) >= 11 is 0. The maximum atomic E-state index is 13.4. The summed E-state index contributed by atoms with van der Waals surface area (Å²) in [5.41, 5.74) is 1.85. The Hall–Kier alpha value is -2.78. The van der Waals surface area contributed by atoms with Crippen molar-refractivity contribution in [2.45, 2.75) is 17.7 Å². The topological polar surface area (TPSA) is 95.5 Å². The molecule has 0 atom stereocenters. The van der Waals surface area contributed by atoms with Gasteiger partial charge in [0.1, 0.15) is 0 Å². The number of hydrogen-bond donors (Lipinski definition) is 3. The maximum absolute atomic E-state index is 13.4. The van der Waals surface area contributed by atoms with Gasteiger partial charge in [0, 0.05) is 24.3 Å². The first-order valence-electron chi connectivity index (χ1n) is 7.35. The van der Waals surface area contributed by atoms with Crippen molar-refractivity contribution in [1.82, 2.24) is 5.48 Å². The number of benzene rings is 2. The van der Waals surface area contributed by atoms with E-state index >= 15 is 0 Å². The molecule has 0 aliphatic rings. The Balaban J connectivity index is 2.19. The van der Waals surface area contributed by atoms with E-state index in [9.17, 15) is 22.0 Å². The molecule has 2 aromatic rings. The van der Waals surface area contributed by atoms with Crippen molar-refractivity contribution in [2.75, 3.05) is 4.72 Å². The van der Waals surface area contributed by atoms with Crippen LogP contribution in [0.2, 0.25) is 0 Å². The van der Waals surface area contributed by atoms with E-state index in [2.05, 4.69) is 4.72 Å². The summed E-state index contributed by atoms with van der Waals surface area (Å²) < 4.78 is 53.8. The molecule has 0 aliphatic carbocycles. The van der Waals surface area contributed by atoms with Crippen LogP contribution in [0.25, 0.3) is 6.08 Å². The molecule has 6 nitrogen and oxygen atoms in total. The number of rotatable bonds is 6. The number of amides is 1. The molecule has 0 spiro atoms. The second-order valence-electron chi connectivity index (χ2n) is 5.45. The zero-order chi connectivity index (χ0) is 19.4. The summed E-state index contributed by atoms with van der Waals surface area (Å²) in [4.78, 5) is 10.6. The molecule has 0 aliphatic heterocycles. The van der Waals surface area contributed by atoms with Crippen molar-refractivity contribution in [3.63, 3.8) is 0 Å². The largest absolute Gasteiger partial charge is 0.288 e. The average Bonchev–Trinajstić information content (AvgIpc) is 2.60. The molecule has 138 valence electrons. The van der Waals surface area contributed by atoms with Gasteiger partial charge in [0.15, 0.2) is 0 Å². The van der Waals surface area contributed by atoms with Crippen molar-refractivity contribution in [1.29, 1.82) is 0 Å². The molecule has 0 bridgehead atoms. The lowest BCUT2D eigenvalue weighted by Gasteiger charge is -2.13. The van der Waals surface area contributed by atoms with E-state index in [1.807, 2.05) is 0 Å². The lowest BCUT2D eigenvalue weighted by atomic mass is 10.1. The first-order chi connectivity index (χ1) is 12.1. The van der Waals surface area contributed by atoms with Gasteiger partial charge in [-0.25, -0.2) is 22.7 Å². The third kappa shape index (κ3) is 5.11. The van der Waals surface area contributed by atoms with Gasteiger partial charge in [-0.3, -0.25) is 14.7 Å². The Labute approximate surface area is 149 Å². The SMILES string of the molecule is CC(F)(F)c1cccc(S(=O)(=O)Nc2ccc(/C=C/C(=O)NO)cc2)c1. The van der Waals surface area contributed by atoms with Crippen LogP contribution in [0.5, 0.6) is 0 Å². The molecule has 2 aromatic carbocycles. The number of alkyl halides is 2. The van der Waals surface area contributed by atoms with Crippen molar-refractivity contribution < 1.29 is 27.2 Å². The van der Waals surface area contributed by atoms with Gasteiger partial charge in [0.2, 0.25) is 0 Å². The van der Waals surface area contributed by atoms with E-state index in [1.165, 1.54) is 48.0 Å². The number of hydrogen-bond acceptors (Lipinski definition) is 4. The molecule has 0 heterocycles. The standard InChI is InChI=1S/C17H16F2N2O4S/c1-17(18,19)13-3-2-4-15(11-13)26(24,25)21-14-8-5-12(6-9-14)7-10-16(22)20-23/h2-11,21,23H,1H3,(H,20,22)/b10-7+. The van der Waals surface area contributed by atoms with Crippen LogP contribution < -0.4 is 10.2 Å². The highest BCUT2D eigenvalue weighted by Crippen LogP contribution is 2.29. The molecule has 2 rings (SSSR count). The van der Waals surface area contributed by atoms with Crippen LogP contribution in [0.15, 0.2) is 59.5 Å². The van der Waals surface area contributed by atoms with Gasteiger partial charge in [-0.2, -0.15) is 0 Å². The molecular weight excluding hydrogens is 366 g/mol. The van der Waals surface area contributed by atoms with Gasteiger partial charge in [-0.15, -0.1) is 0 Å². The van der Waals surface area contributed by atoms with E-state index < -0.39 is 27.4 Å². The fourth-order valence-corrected chi connectivity index (χ4v) is 3.13. The highest BCUT2D eigenvalue weighted by atomic mass is 32.2. The highest BCUT2D eigenvalue weighted by molar-refractivity contribution is 7.92. The normalized spacial score (nSPS) is 12.2. The molecule has 26 heavy (non-hydrogen) atoms. The van der Waals surface area contributed by atoms with E-state index in [0.29, 0.717) is 12.5 Å². The Morgan fingerprint density at radius 1 is 1.15 bits per heavy atom. The first kappa shape index (κ1) is 19.5. The minimum absolute atomic E-state index is 0.224. The first-order valence-corrected chi connectivity index (χ1v) is 8.83. The van der Waals surface area contributed by atoms with E-state index in [1.54, 1.807) is 0 Å². The van der Waals surface area contributed by atoms with Crippen molar-refractivity contribution >= 4 is 27.7 Å². The number of halogens is 2. The van der Waals surface area contributed by atoms with Crippen LogP contribution in [0.4, 0.5) is 14.5 Å².